The van der Waals surface area contributed by atoms with Crippen molar-refractivity contribution in [2.75, 3.05) is 32.1 Å². The van der Waals surface area contributed by atoms with E-state index in [0.717, 1.165) is 30.8 Å². The van der Waals surface area contributed by atoms with Crippen LogP contribution >= 0.6 is 11.8 Å². The standard InChI is InChI=1S/C20H21N3S.ClH/c1-22(2)12-7-13-23-17-10-5-6-11-18(17)24-19-14-15-8-3-4-9-16(15)21-20(19)23;/h3-6,8-11,14H,7,12-13H2,1-2H3;1H. The lowest BCUT2D eigenvalue weighted by molar-refractivity contribution is -0.858. The maximum Gasteiger partial charge on any atom is 0.147 e. The van der Waals surface area contributed by atoms with Gasteiger partial charge >= 0.3 is 0 Å². The molecule has 2 aromatic carbocycles. The number of benzene rings is 2. The van der Waals surface area contributed by atoms with E-state index in [1.807, 2.05) is 11.8 Å². The monoisotopic (exact) mass is 371 g/mol. The largest absolute Gasteiger partial charge is 1.00 e. The molecular weight excluding hydrogens is 350 g/mol. The highest BCUT2D eigenvalue weighted by Crippen LogP contribution is 2.47. The second-order valence-corrected chi connectivity index (χ2v) is 7.62. The number of hydrogen-bond acceptors (Lipinski definition) is 3. The number of nitrogens with zero attached hydrogens (tertiary/aromatic N) is 2. The Balaban J connectivity index is 0.00000182. The number of rotatable bonds is 4. The lowest BCUT2D eigenvalue weighted by Gasteiger charge is -2.32. The average molecular weight is 372 g/mol. The van der Waals surface area contributed by atoms with Gasteiger partial charge in [0.2, 0.25) is 0 Å². The van der Waals surface area contributed by atoms with Crippen LogP contribution in [0.4, 0.5) is 11.5 Å². The zero-order chi connectivity index (χ0) is 16.5. The number of hydrogen-bond donors (Lipinski definition) is 1. The second-order valence-electron chi connectivity index (χ2n) is 6.53. The predicted molar refractivity (Wildman–Crippen MR) is 102 cm³/mol. The van der Waals surface area contributed by atoms with Gasteiger partial charge in [-0.3, -0.25) is 0 Å². The minimum Gasteiger partial charge on any atom is -1.00 e. The lowest BCUT2D eigenvalue weighted by Crippen LogP contribution is -3.05. The molecule has 0 atom stereocenters. The van der Waals surface area contributed by atoms with Gasteiger partial charge in [-0.1, -0.05) is 42.1 Å². The van der Waals surface area contributed by atoms with Crippen LogP contribution < -0.4 is 22.2 Å². The molecule has 1 aliphatic heterocycles. The molecule has 0 radical (unpaired) electrons. The van der Waals surface area contributed by atoms with Crippen LogP contribution in [0.25, 0.3) is 10.9 Å². The van der Waals surface area contributed by atoms with Gasteiger partial charge in [-0.15, -0.1) is 0 Å². The second kappa shape index (κ2) is 7.65. The molecule has 1 N–H and O–H groups in total. The SMILES string of the molecule is C[NH+](C)CCCN1c2ccccc2Sc2cc3ccccc3nc21.[Cl-]. The smallest absolute Gasteiger partial charge is 0.147 e. The van der Waals surface area contributed by atoms with Crippen LogP contribution in [0.15, 0.2) is 64.4 Å². The van der Waals surface area contributed by atoms with Crippen LogP contribution in [0, 0.1) is 0 Å². The first-order valence-electron chi connectivity index (χ1n) is 8.45. The van der Waals surface area contributed by atoms with E-state index >= 15 is 0 Å². The van der Waals surface area contributed by atoms with Crippen LogP contribution in [0.2, 0.25) is 0 Å². The van der Waals surface area contributed by atoms with Crippen molar-refractivity contribution in [3.05, 3.63) is 54.6 Å². The van der Waals surface area contributed by atoms with E-state index in [2.05, 4.69) is 73.6 Å². The highest BCUT2D eigenvalue weighted by molar-refractivity contribution is 7.99. The summed E-state index contributed by atoms with van der Waals surface area (Å²) in [6.07, 6.45) is 1.15. The van der Waals surface area contributed by atoms with Crippen LogP contribution in [-0.4, -0.2) is 32.2 Å². The Hall–Kier alpha value is -1.75. The van der Waals surface area contributed by atoms with Crippen LogP contribution in [0.1, 0.15) is 6.42 Å². The predicted octanol–water partition coefficient (Wildman–Crippen LogP) is 0.376. The molecule has 3 nitrogen and oxygen atoms in total. The Labute approximate surface area is 159 Å². The topological polar surface area (TPSA) is 20.6 Å². The summed E-state index contributed by atoms with van der Waals surface area (Å²) in [6, 6.07) is 19.3. The molecule has 0 amide bonds. The molecule has 0 saturated heterocycles. The van der Waals surface area contributed by atoms with E-state index in [1.54, 1.807) is 0 Å². The van der Waals surface area contributed by atoms with E-state index in [0.29, 0.717) is 0 Å². The fourth-order valence-corrected chi connectivity index (χ4v) is 4.27. The summed E-state index contributed by atoms with van der Waals surface area (Å²) in [4.78, 5) is 11.5. The zero-order valence-electron chi connectivity index (χ0n) is 14.5. The Kier molecular flexibility index (Phi) is 5.52. The summed E-state index contributed by atoms with van der Waals surface area (Å²) in [6.45, 7) is 2.16. The molecule has 3 aromatic rings. The van der Waals surface area contributed by atoms with Gasteiger partial charge in [0.1, 0.15) is 5.82 Å². The molecule has 0 aliphatic carbocycles. The van der Waals surface area contributed by atoms with Gasteiger partial charge in [0.15, 0.2) is 0 Å². The summed E-state index contributed by atoms with van der Waals surface area (Å²) in [7, 11) is 4.42. The maximum atomic E-state index is 4.99. The number of anilines is 2. The lowest BCUT2D eigenvalue weighted by atomic mass is 10.2. The number of fused-ring (bicyclic) bond motifs is 3. The molecule has 130 valence electrons. The molecule has 0 saturated carbocycles. The molecule has 0 unspecified atom stereocenters. The van der Waals surface area contributed by atoms with Crippen molar-refractivity contribution in [3.8, 4) is 0 Å². The van der Waals surface area contributed by atoms with Crippen LogP contribution in [0.5, 0.6) is 0 Å². The minimum absolute atomic E-state index is 0. The maximum absolute atomic E-state index is 4.99. The van der Waals surface area contributed by atoms with Crippen molar-refractivity contribution in [2.45, 2.75) is 16.2 Å². The molecule has 5 heteroatoms. The van der Waals surface area contributed by atoms with Gasteiger partial charge in [0.25, 0.3) is 0 Å². The highest BCUT2D eigenvalue weighted by Gasteiger charge is 2.24. The first kappa shape index (κ1) is 18.1. The fourth-order valence-electron chi connectivity index (χ4n) is 3.17. The fraction of sp³-hybridized carbons (Fsp3) is 0.250. The summed E-state index contributed by atoms with van der Waals surface area (Å²) < 4.78 is 0. The summed E-state index contributed by atoms with van der Waals surface area (Å²) >= 11 is 1.83. The van der Waals surface area contributed by atoms with Crippen molar-refractivity contribution >= 4 is 34.2 Å². The average Bonchev–Trinajstić information content (AvgIpc) is 2.59. The number of aromatic nitrogens is 1. The number of quaternary nitrogens is 1. The van der Waals surface area contributed by atoms with Gasteiger partial charge < -0.3 is 22.2 Å². The Morgan fingerprint density at radius 2 is 1.76 bits per heavy atom. The third-order valence-electron chi connectivity index (χ3n) is 4.36. The number of pyridine rings is 1. The Morgan fingerprint density at radius 1 is 1.00 bits per heavy atom. The first-order valence-corrected chi connectivity index (χ1v) is 9.27. The van der Waals surface area contributed by atoms with E-state index in [9.17, 15) is 0 Å². The summed E-state index contributed by atoms with van der Waals surface area (Å²) in [5.74, 6) is 1.10. The van der Waals surface area contributed by atoms with E-state index < -0.39 is 0 Å². The van der Waals surface area contributed by atoms with Crippen molar-refractivity contribution in [3.63, 3.8) is 0 Å². The minimum atomic E-state index is 0. The van der Waals surface area contributed by atoms with E-state index in [1.165, 1.54) is 25.8 Å². The molecule has 25 heavy (non-hydrogen) atoms. The molecule has 2 heterocycles. The van der Waals surface area contributed by atoms with E-state index in [-0.39, 0.29) is 12.4 Å². The molecule has 0 bridgehead atoms. The van der Waals surface area contributed by atoms with E-state index in [4.69, 9.17) is 4.98 Å². The Bertz CT molecular complexity index is 882. The van der Waals surface area contributed by atoms with Crippen molar-refractivity contribution in [1.82, 2.24) is 4.98 Å². The molecule has 1 aromatic heterocycles. The summed E-state index contributed by atoms with van der Waals surface area (Å²) in [5, 5.41) is 1.21. The summed E-state index contributed by atoms with van der Waals surface area (Å²) in [5.41, 5.74) is 2.35. The third kappa shape index (κ3) is 3.61. The van der Waals surface area contributed by atoms with Gasteiger partial charge in [-0.2, -0.15) is 0 Å². The van der Waals surface area contributed by atoms with Crippen molar-refractivity contribution < 1.29 is 17.3 Å². The first-order chi connectivity index (χ1) is 11.7. The number of para-hydroxylation sites is 2. The van der Waals surface area contributed by atoms with Crippen LogP contribution in [-0.2, 0) is 0 Å². The zero-order valence-corrected chi connectivity index (χ0v) is 16.1. The quantitative estimate of drug-likeness (QED) is 0.716. The normalized spacial score (nSPS) is 12.7. The molecule has 0 fully saturated rings. The van der Waals surface area contributed by atoms with Gasteiger partial charge in [0, 0.05) is 23.2 Å². The third-order valence-corrected chi connectivity index (χ3v) is 5.45. The number of halogens is 1. The molecule has 0 spiro atoms. The van der Waals surface area contributed by atoms with Crippen molar-refractivity contribution in [2.24, 2.45) is 0 Å². The van der Waals surface area contributed by atoms with Crippen molar-refractivity contribution in [1.29, 1.82) is 0 Å². The Morgan fingerprint density at radius 3 is 2.60 bits per heavy atom. The molecular formula is C20H22ClN3S. The van der Waals surface area contributed by atoms with Crippen LogP contribution in [0.3, 0.4) is 0 Å². The highest BCUT2D eigenvalue weighted by atomic mass is 35.5. The van der Waals surface area contributed by atoms with Gasteiger partial charge in [0.05, 0.1) is 36.7 Å². The van der Waals surface area contributed by atoms with Gasteiger partial charge in [-0.05, 0) is 24.3 Å². The number of nitrogens with one attached hydrogen (secondary N) is 1. The van der Waals surface area contributed by atoms with Gasteiger partial charge in [-0.25, -0.2) is 4.98 Å². The molecule has 4 rings (SSSR count). The molecule has 1 aliphatic rings.